The third-order valence-corrected chi connectivity index (χ3v) is 1.62. The van der Waals surface area contributed by atoms with Gasteiger partial charge in [-0.1, -0.05) is 6.07 Å². The van der Waals surface area contributed by atoms with E-state index in [0.717, 1.165) is 5.69 Å². The predicted octanol–water partition coefficient (Wildman–Crippen LogP) is -4.90. The molecule has 0 aliphatic carbocycles. The van der Waals surface area contributed by atoms with Crippen LogP contribution in [0.15, 0.2) is 24.4 Å². The van der Waals surface area contributed by atoms with Gasteiger partial charge in [-0.05, 0) is 12.1 Å². The van der Waals surface area contributed by atoms with Gasteiger partial charge in [0.1, 0.15) is 0 Å². The summed E-state index contributed by atoms with van der Waals surface area (Å²) in [6.45, 7) is 0.360. The van der Waals surface area contributed by atoms with E-state index in [1.807, 2.05) is 18.2 Å². The average molecular weight is 294 g/mol. The Bertz CT molecular complexity index is 402. The molecule has 0 saturated heterocycles. The number of pyridine rings is 1. The highest BCUT2D eigenvalue weighted by Gasteiger charge is 2.06. The first-order valence-corrected chi connectivity index (χ1v) is 6.07. The monoisotopic (exact) mass is 293 g/mol. The van der Waals surface area contributed by atoms with Crippen LogP contribution in [0.4, 0.5) is 0 Å². The minimum atomic E-state index is -4.69. The second-order valence-electron chi connectivity index (χ2n) is 3.09. The Labute approximate surface area is 110 Å². The molecule has 9 nitrogen and oxygen atoms in total. The van der Waals surface area contributed by atoms with Crippen molar-refractivity contribution < 1.29 is 38.5 Å². The number of rotatable bonds is 3. The lowest BCUT2D eigenvalue weighted by Crippen LogP contribution is -2.58. The maximum Gasteiger partial charge on any atom is 0.309 e. The van der Waals surface area contributed by atoms with Crippen molar-refractivity contribution in [1.82, 2.24) is 10.3 Å². The first-order valence-electron chi connectivity index (χ1n) is 4.81. The summed E-state index contributed by atoms with van der Waals surface area (Å²) in [5.41, 5.74) is 5.61. The summed E-state index contributed by atoms with van der Waals surface area (Å²) in [5, 5.41) is 2.38. The van der Waals surface area contributed by atoms with Gasteiger partial charge in [0.05, 0.1) is 14.9 Å². The third kappa shape index (κ3) is 12.5. The van der Waals surface area contributed by atoms with E-state index in [-0.39, 0.29) is 0 Å². The Morgan fingerprint density at radius 3 is 2.37 bits per heavy atom. The molecule has 2 amide bonds. The van der Waals surface area contributed by atoms with Crippen molar-refractivity contribution in [1.29, 1.82) is 0 Å². The summed E-state index contributed by atoms with van der Waals surface area (Å²) in [5.74, 6) is -1.73. The van der Waals surface area contributed by atoms with Gasteiger partial charge in [-0.25, -0.2) is 0 Å². The number of nitrogens with zero attached hydrogens (tertiary/aromatic N) is 1. The van der Waals surface area contributed by atoms with Crippen LogP contribution in [-0.4, -0.2) is 28.0 Å². The Balaban J connectivity index is 0.000000555. The lowest BCUT2D eigenvalue weighted by Gasteiger charge is -2.03. The lowest BCUT2D eigenvalue weighted by atomic mass is 10.3. The number of aromatic nitrogens is 1. The van der Waals surface area contributed by atoms with Gasteiger partial charge in [0, 0.05) is 24.9 Å². The lowest BCUT2D eigenvalue weighted by molar-refractivity contribution is -1.92. The molecule has 1 heterocycles. The number of nitrogens with two attached hydrogens (primary N) is 1. The number of hydrogen-bond acceptors (Lipinski definition) is 7. The smallest absolute Gasteiger partial charge is 0.309 e. The molecule has 0 aromatic carbocycles. The fraction of sp³-hybridized carbons (Fsp3) is 0.222. The van der Waals surface area contributed by atoms with Crippen LogP contribution in [-0.2, 0) is 16.0 Å². The highest BCUT2D eigenvalue weighted by molar-refractivity contribution is 6.34. The van der Waals surface area contributed by atoms with Crippen LogP contribution in [0.5, 0.6) is 0 Å². The largest absolute Gasteiger partial charge is 0.361 e. The molecule has 0 aliphatic rings. The summed E-state index contributed by atoms with van der Waals surface area (Å²) in [4.78, 5) is 25.1. The standard InChI is InChI=1S/C9H11N3O2.ClHO4/c10-8(13)9(14)12-6-4-7-3-1-2-5-11-7;2-1(3,4)5/h1-3,5H,4,6H2,(H2,10,13)(H,12,14);(H,2,3,4,5). The molecule has 106 valence electrons. The molecule has 0 fully saturated rings. The molecule has 0 aliphatic heterocycles. The van der Waals surface area contributed by atoms with Gasteiger partial charge < -0.3 is 11.1 Å². The maximum atomic E-state index is 10.7. The first kappa shape index (κ1) is 17.2. The highest BCUT2D eigenvalue weighted by atomic mass is 35.7. The van der Waals surface area contributed by atoms with Gasteiger partial charge >= 0.3 is 11.8 Å². The van der Waals surface area contributed by atoms with Gasteiger partial charge in [0.15, 0.2) is 0 Å². The van der Waals surface area contributed by atoms with E-state index < -0.39 is 22.1 Å². The molecule has 0 unspecified atom stereocenters. The molecule has 0 spiro atoms. The van der Waals surface area contributed by atoms with E-state index in [0.29, 0.717) is 13.0 Å². The molecular weight excluding hydrogens is 282 g/mol. The average Bonchev–Trinajstić information content (AvgIpc) is 2.28. The zero-order chi connectivity index (χ0) is 14.9. The van der Waals surface area contributed by atoms with Gasteiger partial charge in [0.2, 0.25) is 0 Å². The van der Waals surface area contributed by atoms with Crippen LogP contribution in [0.25, 0.3) is 0 Å². The van der Waals surface area contributed by atoms with Crippen molar-refractivity contribution in [2.45, 2.75) is 6.42 Å². The zero-order valence-electron chi connectivity index (χ0n) is 9.61. The van der Waals surface area contributed by atoms with Crippen molar-refractivity contribution in [2.75, 3.05) is 6.54 Å². The van der Waals surface area contributed by atoms with Gasteiger partial charge in [-0.3, -0.25) is 14.6 Å². The number of amides is 2. The Morgan fingerprint density at radius 2 is 1.95 bits per heavy atom. The Kier molecular flexibility index (Phi) is 7.56. The van der Waals surface area contributed by atoms with E-state index in [4.69, 9.17) is 24.4 Å². The maximum absolute atomic E-state index is 10.7. The molecule has 0 atom stereocenters. The molecular formula is C9H12ClN3O6. The summed E-state index contributed by atoms with van der Waals surface area (Å²) in [7, 11) is -4.69. The molecule has 1 aromatic rings. The van der Waals surface area contributed by atoms with E-state index in [1.54, 1.807) is 6.20 Å². The van der Waals surface area contributed by atoms with Crippen LogP contribution < -0.4 is 25.0 Å². The van der Waals surface area contributed by atoms with Crippen molar-refractivity contribution in [3.63, 3.8) is 0 Å². The molecule has 1 rings (SSSR count). The Morgan fingerprint density at radius 1 is 1.37 bits per heavy atom. The zero-order valence-corrected chi connectivity index (χ0v) is 10.4. The topological polar surface area (TPSA) is 174 Å². The molecule has 4 N–H and O–H groups in total. The van der Waals surface area contributed by atoms with E-state index in [1.165, 1.54) is 0 Å². The van der Waals surface area contributed by atoms with E-state index in [2.05, 4.69) is 10.3 Å². The number of carbonyl (C=O) groups is 2. The van der Waals surface area contributed by atoms with Gasteiger partial charge in [-0.15, -0.1) is 0 Å². The number of hydrogen-bond donors (Lipinski definition) is 3. The number of carbonyl (C=O) groups excluding carboxylic acids is 2. The van der Waals surface area contributed by atoms with Crippen LogP contribution in [0.1, 0.15) is 5.69 Å². The second-order valence-corrected chi connectivity index (χ2v) is 3.88. The van der Waals surface area contributed by atoms with Crippen molar-refractivity contribution >= 4 is 11.8 Å². The van der Waals surface area contributed by atoms with Crippen molar-refractivity contribution in [2.24, 2.45) is 5.73 Å². The van der Waals surface area contributed by atoms with E-state index in [9.17, 15) is 9.59 Å². The molecule has 0 saturated carbocycles. The molecule has 0 bridgehead atoms. The van der Waals surface area contributed by atoms with Crippen molar-refractivity contribution in [3.8, 4) is 0 Å². The summed E-state index contributed by atoms with van der Waals surface area (Å²) >= 11 is 0. The highest BCUT2D eigenvalue weighted by Crippen LogP contribution is 1.92. The fourth-order valence-corrected chi connectivity index (χ4v) is 0.937. The summed E-state index contributed by atoms with van der Waals surface area (Å²) in [6.07, 6.45) is 2.26. The number of primary amides is 1. The third-order valence-electron chi connectivity index (χ3n) is 1.62. The van der Waals surface area contributed by atoms with Crippen molar-refractivity contribution in [3.05, 3.63) is 30.1 Å². The van der Waals surface area contributed by atoms with Crippen LogP contribution >= 0.6 is 0 Å². The second kappa shape index (κ2) is 8.34. The molecule has 0 radical (unpaired) electrons. The quantitative estimate of drug-likeness (QED) is 0.468. The summed E-state index contributed by atoms with van der Waals surface area (Å²) in [6, 6.07) is 5.51. The Hall–Kier alpha value is -1.78. The van der Waals surface area contributed by atoms with Crippen LogP contribution in [0, 0.1) is 10.2 Å². The summed E-state index contributed by atoms with van der Waals surface area (Å²) < 4.78 is 32.7. The predicted molar refractivity (Wildman–Crippen MR) is 52.4 cm³/mol. The number of halogens is 1. The molecule has 19 heavy (non-hydrogen) atoms. The van der Waals surface area contributed by atoms with Gasteiger partial charge in [-0.2, -0.15) is 14.0 Å². The number of nitrogens with one attached hydrogen (secondary N) is 1. The normalized spacial score (nSPS) is 10.1. The van der Waals surface area contributed by atoms with Crippen LogP contribution in [0.3, 0.4) is 0 Å². The fourth-order valence-electron chi connectivity index (χ4n) is 0.937. The molecule has 10 heteroatoms. The SMILES string of the molecule is NC(=O)C(=O)NCCc1ccccn1.[O-][Cl+3]([O-])([O-])O. The minimum Gasteiger partial charge on any atom is -0.361 e. The van der Waals surface area contributed by atoms with Gasteiger partial charge in [0.25, 0.3) is 0 Å². The first-order chi connectivity index (χ1) is 8.70. The molecule has 1 aromatic heterocycles. The minimum absolute atomic E-state index is 0.360. The van der Waals surface area contributed by atoms with Crippen LogP contribution in [0.2, 0.25) is 0 Å². The van der Waals surface area contributed by atoms with E-state index >= 15 is 0 Å².